The maximum atomic E-state index is 2.44. The van der Waals surface area contributed by atoms with E-state index in [1.54, 1.807) is 4.91 Å². The van der Waals surface area contributed by atoms with Crippen LogP contribution in [0, 0.1) is 5.92 Å². The van der Waals surface area contributed by atoms with Crippen LogP contribution in [0.15, 0.2) is 83.0 Å². The molecule has 142 valence electrons. The zero-order valence-electron chi connectivity index (χ0n) is 17.0. The Balaban J connectivity index is 2.13. The van der Waals surface area contributed by atoms with Gasteiger partial charge in [0.1, 0.15) is 0 Å². The first kappa shape index (κ1) is 20.4. The lowest BCUT2D eigenvalue weighted by atomic mass is 10.0. The summed E-state index contributed by atoms with van der Waals surface area (Å²) in [7, 11) is 3.83. The van der Waals surface area contributed by atoms with Crippen molar-refractivity contribution in [2.24, 2.45) is 5.92 Å². The molecule has 0 saturated heterocycles. The van der Waals surface area contributed by atoms with Gasteiger partial charge >= 0.3 is 0 Å². The SMILES string of the molecule is CC(C)SC1=C(P(c2ccccc2)c2ccccc2)C=CC1[C@@H](C)N(C)C. The fourth-order valence-corrected chi connectivity index (χ4v) is 7.36. The molecule has 2 aromatic carbocycles. The average molecular weight is 396 g/mol. The monoisotopic (exact) mass is 395 g/mol. The van der Waals surface area contributed by atoms with E-state index in [4.69, 9.17) is 0 Å². The summed E-state index contributed by atoms with van der Waals surface area (Å²) in [4.78, 5) is 3.90. The van der Waals surface area contributed by atoms with E-state index in [0.29, 0.717) is 17.2 Å². The molecule has 2 atom stereocenters. The van der Waals surface area contributed by atoms with Gasteiger partial charge in [-0.25, -0.2) is 0 Å². The first-order valence-electron chi connectivity index (χ1n) is 9.64. The van der Waals surface area contributed by atoms with Gasteiger partial charge in [0.25, 0.3) is 0 Å². The molecule has 3 heteroatoms. The van der Waals surface area contributed by atoms with Crippen LogP contribution in [0.5, 0.6) is 0 Å². The van der Waals surface area contributed by atoms with E-state index in [-0.39, 0.29) is 0 Å². The lowest BCUT2D eigenvalue weighted by molar-refractivity contribution is 0.281. The van der Waals surface area contributed by atoms with Crippen molar-refractivity contribution in [1.82, 2.24) is 4.90 Å². The molecule has 2 aromatic rings. The number of benzene rings is 2. The van der Waals surface area contributed by atoms with Crippen molar-refractivity contribution in [1.29, 1.82) is 0 Å². The summed E-state index contributed by atoms with van der Waals surface area (Å²) in [5.41, 5.74) is 0. The van der Waals surface area contributed by atoms with Crippen LogP contribution in [-0.2, 0) is 0 Å². The minimum Gasteiger partial charge on any atom is -0.306 e. The second-order valence-electron chi connectivity index (χ2n) is 7.51. The Morgan fingerprint density at radius 3 is 1.81 bits per heavy atom. The quantitative estimate of drug-likeness (QED) is 0.561. The summed E-state index contributed by atoms with van der Waals surface area (Å²) in [6.45, 7) is 6.95. The standard InChI is InChI=1S/C24H30NPS/c1-18(2)27-24-22(19(3)25(4)5)16-17-23(24)26(20-12-8-6-9-13-20)21-14-10-7-11-15-21/h6-19,22H,1-5H3/t19-,22?/m1/s1. The number of hydrogen-bond donors (Lipinski definition) is 0. The van der Waals surface area contributed by atoms with Crippen LogP contribution < -0.4 is 10.6 Å². The molecule has 0 aromatic heterocycles. The molecule has 1 unspecified atom stereocenters. The highest BCUT2D eigenvalue weighted by Gasteiger charge is 2.32. The third-order valence-electron chi connectivity index (χ3n) is 4.98. The Morgan fingerprint density at radius 2 is 1.37 bits per heavy atom. The van der Waals surface area contributed by atoms with Crippen LogP contribution in [-0.4, -0.2) is 30.3 Å². The van der Waals surface area contributed by atoms with Gasteiger partial charge in [-0.05, 0) is 44.9 Å². The fourth-order valence-electron chi connectivity index (χ4n) is 3.40. The molecule has 0 N–H and O–H groups in total. The van der Waals surface area contributed by atoms with Crippen molar-refractivity contribution in [3.8, 4) is 0 Å². The number of thioether (sulfide) groups is 1. The molecule has 0 amide bonds. The Morgan fingerprint density at radius 1 is 0.852 bits per heavy atom. The summed E-state index contributed by atoms with van der Waals surface area (Å²) >= 11 is 2.05. The summed E-state index contributed by atoms with van der Waals surface area (Å²) in [6, 6.07) is 22.6. The summed E-state index contributed by atoms with van der Waals surface area (Å²) in [5.74, 6) is 0.472. The molecule has 0 spiro atoms. The molecule has 0 heterocycles. The second kappa shape index (κ2) is 9.24. The van der Waals surface area contributed by atoms with Crippen LogP contribution in [0.1, 0.15) is 20.8 Å². The van der Waals surface area contributed by atoms with Gasteiger partial charge in [0.2, 0.25) is 0 Å². The Kier molecular flexibility index (Phi) is 6.98. The molecule has 1 nitrogen and oxygen atoms in total. The predicted molar refractivity (Wildman–Crippen MR) is 125 cm³/mol. The van der Waals surface area contributed by atoms with E-state index in [1.807, 2.05) is 11.8 Å². The number of rotatable bonds is 7. The summed E-state index contributed by atoms with van der Waals surface area (Å²) in [6.07, 6.45) is 4.85. The highest BCUT2D eigenvalue weighted by Crippen LogP contribution is 2.53. The number of allylic oxidation sites excluding steroid dienone is 2. The van der Waals surface area contributed by atoms with Gasteiger partial charge in [-0.2, -0.15) is 0 Å². The molecule has 0 fully saturated rings. The lowest BCUT2D eigenvalue weighted by Crippen LogP contribution is -2.31. The van der Waals surface area contributed by atoms with Gasteiger partial charge in [-0.15, -0.1) is 11.8 Å². The van der Waals surface area contributed by atoms with Crippen molar-refractivity contribution in [2.75, 3.05) is 14.1 Å². The molecular weight excluding hydrogens is 365 g/mol. The van der Waals surface area contributed by atoms with E-state index in [9.17, 15) is 0 Å². The fraction of sp³-hybridized carbons (Fsp3) is 0.333. The molecule has 27 heavy (non-hydrogen) atoms. The number of hydrogen-bond acceptors (Lipinski definition) is 2. The second-order valence-corrected chi connectivity index (χ2v) is 11.3. The summed E-state index contributed by atoms with van der Waals surface area (Å²) < 4.78 is 0. The molecule has 1 aliphatic rings. The highest BCUT2D eigenvalue weighted by atomic mass is 32.2. The third kappa shape index (κ3) is 4.74. The van der Waals surface area contributed by atoms with Gasteiger partial charge in [0.05, 0.1) is 0 Å². The van der Waals surface area contributed by atoms with Crippen molar-refractivity contribution in [2.45, 2.75) is 32.1 Å². The molecular formula is C24H30NPS. The first-order chi connectivity index (χ1) is 13.0. The van der Waals surface area contributed by atoms with Crippen molar-refractivity contribution in [3.05, 3.63) is 83.0 Å². The van der Waals surface area contributed by atoms with Crippen molar-refractivity contribution < 1.29 is 0 Å². The Labute approximate surface area is 170 Å². The topological polar surface area (TPSA) is 3.24 Å². The van der Waals surface area contributed by atoms with Gasteiger partial charge in [0.15, 0.2) is 0 Å². The Bertz CT molecular complexity index is 756. The predicted octanol–water partition coefficient (Wildman–Crippen LogP) is 5.61. The molecule has 0 aliphatic heterocycles. The van der Waals surface area contributed by atoms with Gasteiger partial charge in [-0.3, -0.25) is 0 Å². The van der Waals surface area contributed by atoms with E-state index < -0.39 is 7.92 Å². The van der Waals surface area contributed by atoms with Crippen molar-refractivity contribution >= 4 is 30.3 Å². The van der Waals surface area contributed by atoms with Crippen LogP contribution in [0.25, 0.3) is 0 Å². The minimum absolute atomic E-state index is 0.472. The maximum absolute atomic E-state index is 2.44. The maximum Gasteiger partial charge on any atom is 0.0241 e. The Hall–Kier alpha value is -1.34. The smallest absolute Gasteiger partial charge is 0.0241 e. The zero-order chi connectivity index (χ0) is 19.4. The zero-order valence-corrected chi connectivity index (χ0v) is 18.7. The van der Waals surface area contributed by atoms with Crippen LogP contribution in [0.3, 0.4) is 0 Å². The van der Waals surface area contributed by atoms with Gasteiger partial charge in [0, 0.05) is 22.1 Å². The first-order valence-corrected chi connectivity index (χ1v) is 11.9. The number of nitrogens with zero attached hydrogens (tertiary/aromatic N) is 1. The van der Waals surface area contributed by atoms with E-state index in [2.05, 4.69) is 113 Å². The van der Waals surface area contributed by atoms with E-state index in [1.165, 1.54) is 15.9 Å². The van der Waals surface area contributed by atoms with Gasteiger partial charge < -0.3 is 4.90 Å². The van der Waals surface area contributed by atoms with E-state index >= 15 is 0 Å². The van der Waals surface area contributed by atoms with Crippen LogP contribution in [0.2, 0.25) is 0 Å². The summed E-state index contributed by atoms with van der Waals surface area (Å²) in [5, 5.41) is 4.96. The minimum atomic E-state index is -0.539. The largest absolute Gasteiger partial charge is 0.306 e. The highest BCUT2D eigenvalue weighted by molar-refractivity contribution is 8.04. The van der Waals surface area contributed by atoms with E-state index in [0.717, 1.165) is 0 Å². The molecule has 1 aliphatic carbocycles. The molecule has 0 radical (unpaired) electrons. The molecule has 3 rings (SSSR count). The van der Waals surface area contributed by atoms with Crippen LogP contribution in [0.4, 0.5) is 0 Å². The molecule has 0 saturated carbocycles. The lowest BCUT2D eigenvalue weighted by Gasteiger charge is -2.29. The molecule has 0 bridgehead atoms. The van der Waals surface area contributed by atoms with Gasteiger partial charge in [-0.1, -0.05) is 86.7 Å². The third-order valence-corrected chi connectivity index (χ3v) is 8.85. The van der Waals surface area contributed by atoms with Crippen LogP contribution >= 0.6 is 19.7 Å². The average Bonchev–Trinajstić information content (AvgIpc) is 3.05. The normalized spacial score (nSPS) is 18.1. The van der Waals surface area contributed by atoms with Crippen molar-refractivity contribution in [3.63, 3.8) is 0 Å².